The van der Waals surface area contributed by atoms with Crippen LogP contribution in [0.15, 0.2) is 53.4 Å². The van der Waals surface area contributed by atoms with Gasteiger partial charge in [-0.15, -0.1) is 0 Å². The molecular weight excluding hydrogens is 398 g/mol. The van der Waals surface area contributed by atoms with Crippen LogP contribution in [-0.4, -0.2) is 45.3 Å². The summed E-state index contributed by atoms with van der Waals surface area (Å²) in [5.41, 5.74) is 3.22. The summed E-state index contributed by atoms with van der Waals surface area (Å²) in [6.45, 7) is 4.77. The predicted octanol–water partition coefficient (Wildman–Crippen LogP) is 2.25. The van der Waals surface area contributed by atoms with Gasteiger partial charge in [-0.2, -0.15) is 4.31 Å². The predicted molar refractivity (Wildman–Crippen MR) is 119 cm³/mol. The molecule has 7 heteroatoms. The molecule has 0 heterocycles. The molecule has 2 atom stereocenters. The molecule has 0 saturated heterocycles. The Morgan fingerprint density at radius 1 is 1.13 bits per heavy atom. The van der Waals surface area contributed by atoms with Crippen molar-refractivity contribution in [1.29, 1.82) is 0 Å². The molecule has 3 rings (SSSR count). The van der Waals surface area contributed by atoms with Gasteiger partial charge in [0.25, 0.3) is 5.91 Å². The number of fused-ring (bicyclic) bond motifs is 1. The number of carbonyl (C=O) groups is 1. The lowest BCUT2D eigenvalue weighted by molar-refractivity contribution is -0.905. The fraction of sp³-hybridized carbons (Fsp3) is 0.435. The number of nitrogens with zero attached hydrogens (tertiary/aromatic N) is 1. The molecule has 2 aromatic carbocycles. The highest BCUT2D eigenvalue weighted by atomic mass is 32.2. The Hall–Kier alpha value is -2.22. The number of benzene rings is 2. The first-order valence-corrected chi connectivity index (χ1v) is 12.1. The second-order valence-electron chi connectivity index (χ2n) is 7.83. The topological polar surface area (TPSA) is 70.9 Å². The number of rotatable bonds is 8. The SMILES string of the molecule is CCN(CC)S(=O)(=O)c1cccc(NC(=O)C[NH+](C)[C@H]2CCCc3ccccc32)c1. The fourth-order valence-corrected chi connectivity index (χ4v) is 5.80. The van der Waals surface area contributed by atoms with Gasteiger partial charge < -0.3 is 10.2 Å². The summed E-state index contributed by atoms with van der Waals surface area (Å²) in [6, 6.07) is 15.3. The maximum atomic E-state index is 12.7. The van der Waals surface area contributed by atoms with Gasteiger partial charge >= 0.3 is 0 Å². The van der Waals surface area contributed by atoms with Gasteiger partial charge in [0.2, 0.25) is 10.0 Å². The van der Waals surface area contributed by atoms with Crippen molar-refractivity contribution in [3.05, 3.63) is 59.7 Å². The van der Waals surface area contributed by atoms with Crippen molar-refractivity contribution >= 4 is 21.6 Å². The van der Waals surface area contributed by atoms with Crippen molar-refractivity contribution in [2.24, 2.45) is 0 Å². The van der Waals surface area contributed by atoms with Gasteiger partial charge in [-0.25, -0.2) is 8.42 Å². The van der Waals surface area contributed by atoms with E-state index in [-0.39, 0.29) is 10.8 Å². The first kappa shape index (κ1) is 22.5. The van der Waals surface area contributed by atoms with Gasteiger partial charge in [0.1, 0.15) is 6.04 Å². The largest absolute Gasteiger partial charge is 0.323 e. The number of aryl methyl sites for hydroxylation is 1. The van der Waals surface area contributed by atoms with Crippen molar-refractivity contribution in [2.45, 2.75) is 44.0 Å². The average molecular weight is 431 g/mol. The summed E-state index contributed by atoms with van der Waals surface area (Å²) in [6.07, 6.45) is 3.29. The van der Waals surface area contributed by atoms with Crippen molar-refractivity contribution in [3.63, 3.8) is 0 Å². The van der Waals surface area contributed by atoms with Crippen molar-refractivity contribution < 1.29 is 18.1 Å². The Bertz CT molecular complexity index is 987. The van der Waals surface area contributed by atoms with E-state index in [1.807, 2.05) is 20.9 Å². The second kappa shape index (κ2) is 9.73. The van der Waals surface area contributed by atoms with E-state index in [0.29, 0.717) is 31.4 Å². The molecule has 0 spiro atoms. The van der Waals surface area contributed by atoms with Crippen LogP contribution in [0.1, 0.15) is 43.9 Å². The summed E-state index contributed by atoms with van der Waals surface area (Å²) < 4.78 is 26.9. The molecule has 1 amide bonds. The zero-order valence-corrected chi connectivity index (χ0v) is 18.8. The van der Waals surface area contributed by atoms with Crippen molar-refractivity contribution in [2.75, 3.05) is 32.0 Å². The third-order valence-electron chi connectivity index (χ3n) is 5.86. The molecule has 0 fully saturated rings. The lowest BCUT2D eigenvalue weighted by Gasteiger charge is -2.30. The number of hydrogen-bond donors (Lipinski definition) is 2. The lowest BCUT2D eigenvalue weighted by atomic mass is 9.87. The zero-order valence-electron chi connectivity index (χ0n) is 18.0. The van der Waals surface area contributed by atoms with E-state index in [1.165, 1.54) is 21.5 Å². The van der Waals surface area contributed by atoms with Crippen molar-refractivity contribution in [1.82, 2.24) is 4.31 Å². The summed E-state index contributed by atoms with van der Waals surface area (Å²) in [5, 5.41) is 2.88. The smallest absolute Gasteiger partial charge is 0.279 e. The van der Waals surface area contributed by atoms with Crippen LogP contribution in [0.4, 0.5) is 5.69 Å². The second-order valence-corrected chi connectivity index (χ2v) is 9.77. The van der Waals surface area contributed by atoms with Gasteiger partial charge in [0, 0.05) is 30.8 Å². The van der Waals surface area contributed by atoms with E-state index in [4.69, 9.17) is 0 Å². The van der Waals surface area contributed by atoms with E-state index in [2.05, 4.69) is 29.6 Å². The standard InChI is InChI=1S/C23H31N3O3S/c1-4-26(5-2)30(28,29)20-13-9-12-19(16-20)24-23(27)17-25(3)22-15-8-11-18-10-6-7-14-21(18)22/h6-7,9-10,12-14,16,22H,4-5,8,11,15,17H2,1-3H3,(H,24,27)/p+1/t22-/m0/s1. The van der Waals surface area contributed by atoms with Crippen LogP contribution in [0.25, 0.3) is 0 Å². The fourth-order valence-electron chi connectivity index (χ4n) is 4.29. The average Bonchev–Trinajstić information content (AvgIpc) is 2.74. The van der Waals surface area contributed by atoms with Crippen LogP contribution < -0.4 is 10.2 Å². The first-order valence-electron chi connectivity index (χ1n) is 10.7. The van der Waals surface area contributed by atoms with E-state index < -0.39 is 10.0 Å². The number of amides is 1. The normalized spacial score (nSPS) is 17.4. The molecule has 2 aromatic rings. The highest BCUT2D eigenvalue weighted by Crippen LogP contribution is 2.27. The number of quaternary nitrogens is 1. The van der Waals surface area contributed by atoms with Crippen LogP contribution in [0, 0.1) is 0 Å². The van der Waals surface area contributed by atoms with Gasteiger partial charge in [-0.3, -0.25) is 4.79 Å². The maximum Gasteiger partial charge on any atom is 0.279 e. The van der Waals surface area contributed by atoms with E-state index in [1.54, 1.807) is 18.2 Å². The summed E-state index contributed by atoms with van der Waals surface area (Å²) in [7, 11) is -1.51. The molecule has 1 aliphatic carbocycles. The Morgan fingerprint density at radius 3 is 2.60 bits per heavy atom. The monoisotopic (exact) mass is 430 g/mol. The zero-order chi connectivity index (χ0) is 21.7. The summed E-state index contributed by atoms with van der Waals surface area (Å²) in [5.74, 6) is -0.118. The molecule has 0 aliphatic heterocycles. The van der Waals surface area contributed by atoms with Crippen LogP contribution >= 0.6 is 0 Å². The van der Waals surface area contributed by atoms with Crippen LogP contribution in [0.3, 0.4) is 0 Å². The van der Waals surface area contributed by atoms with E-state index >= 15 is 0 Å². The van der Waals surface area contributed by atoms with Crippen LogP contribution in [0.5, 0.6) is 0 Å². The summed E-state index contributed by atoms with van der Waals surface area (Å²) in [4.78, 5) is 14.0. The van der Waals surface area contributed by atoms with Gasteiger partial charge in [-0.05, 0) is 36.6 Å². The number of anilines is 1. The van der Waals surface area contributed by atoms with Crippen LogP contribution in [0.2, 0.25) is 0 Å². The number of nitrogens with one attached hydrogen (secondary N) is 2. The van der Waals surface area contributed by atoms with Crippen molar-refractivity contribution in [3.8, 4) is 0 Å². The number of sulfonamides is 1. The molecule has 0 bridgehead atoms. The minimum Gasteiger partial charge on any atom is -0.323 e. The first-order chi connectivity index (χ1) is 14.4. The molecule has 6 nitrogen and oxygen atoms in total. The molecule has 1 unspecified atom stereocenters. The molecule has 30 heavy (non-hydrogen) atoms. The third-order valence-corrected chi connectivity index (χ3v) is 7.91. The van der Waals surface area contributed by atoms with Gasteiger partial charge in [-0.1, -0.05) is 44.2 Å². The molecular formula is C23H32N3O3S+. The highest BCUT2D eigenvalue weighted by molar-refractivity contribution is 7.89. The quantitative estimate of drug-likeness (QED) is 0.675. The van der Waals surface area contributed by atoms with Gasteiger partial charge in [0.05, 0.1) is 11.9 Å². The molecule has 162 valence electrons. The highest BCUT2D eigenvalue weighted by Gasteiger charge is 2.28. The Kier molecular flexibility index (Phi) is 7.28. The molecule has 1 aliphatic rings. The molecule has 2 N–H and O–H groups in total. The van der Waals surface area contributed by atoms with E-state index in [0.717, 1.165) is 24.2 Å². The maximum absolute atomic E-state index is 12.7. The van der Waals surface area contributed by atoms with E-state index in [9.17, 15) is 13.2 Å². The Balaban J connectivity index is 1.69. The lowest BCUT2D eigenvalue weighted by Crippen LogP contribution is -3.10. The Morgan fingerprint density at radius 2 is 1.87 bits per heavy atom. The minimum absolute atomic E-state index is 0.118. The number of likely N-dealkylation sites (N-methyl/N-ethyl adjacent to an activating group) is 1. The molecule has 0 aromatic heterocycles. The van der Waals surface area contributed by atoms with Gasteiger partial charge in [0.15, 0.2) is 6.54 Å². The molecule has 0 radical (unpaired) electrons. The minimum atomic E-state index is -3.56. The molecule has 0 saturated carbocycles. The Labute approximate surface area is 179 Å². The number of carbonyl (C=O) groups excluding carboxylic acids is 1. The summed E-state index contributed by atoms with van der Waals surface area (Å²) >= 11 is 0. The van der Waals surface area contributed by atoms with Crippen LogP contribution in [-0.2, 0) is 21.2 Å². The third kappa shape index (κ3) is 4.91. The number of hydrogen-bond acceptors (Lipinski definition) is 3.